The minimum Gasteiger partial charge on any atom is -0.370 e. The van der Waals surface area contributed by atoms with Gasteiger partial charge in [-0.15, -0.1) is 11.8 Å². The third-order valence-electron chi connectivity index (χ3n) is 3.01. The molecule has 2 rings (SSSR count). The van der Waals surface area contributed by atoms with Gasteiger partial charge in [0.25, 0.3) is 0 Å². The lowest BCUT2D eigenvalue weighted by Crippen LogP contribution is -2.34. The van der Waals surface area contributed by atoms with E-state index >= 15 is 0 Å². The van der Waals surface area contributed by atoms with E-state index in [1.807, 2.05) is 11.8 Å². The molecule has 76 valence electrons. The zero-order chi connectivity index (χ0) is 10.3. The summed E-state index contributed by atoms with van der Waals surface area (Å²) in [5.74, 6) is 1.20. The van der Waals surface area contributed by atoms with Crippen LogP contribution in [0, 0.1) is 13.8 Å². The van der Waals surface area contributed by atoms with Gasteiger partial charge in [0.15, 0.2) is 0 Å². The van der Waals surface area contributed by atoms with E-state index in [1.54, 1.807) is 0 Å². The van der Waals surface area contributed by atoms with Gasteiger partial charge in [0.2, 0.25) is 0 Å². The average Bonchev–Trinajstić information content (AvgIpc) is 2.16. The van der Waals surface area contributed by atoms with Gasteiger partial charge in [-0.05, 0) is 31.9 Å². The molecule has 0 N–H and O–H groups in total. The molecule has 0 saturated heterocycles. The van der Waals surface area contributed by atoms with Gasteiger partial charge in [-0.25, -0.2) is 0 Å². The first-order valence-corrected chi connectivity index (χ1v) is 6.05. The first-order valence-electron chi connectivity index (χ1n) is 5.07. The number of aryl methyl sites for hydroxylation is 2. The number of fused-ring (bicyclic) bond motifs is 1. The predicted octanol–water partition coefficient (Wildman–Crippen LogP) is 3.23. The molecule has 0 bridgehead atoms. The highest BCUT2D eigenvalue weighted by Crippen LogP contribution is 2.40. The minimum absolute atomic E-state index is 0.646. The number of anilines is 1. The molecule has 2 heteroatoms. The van der Waals surface area contributed by atoms with Crippen LogP contribution in [0.1, 0.15) is 18.1 Å². The summed E-state index contributed by atoms with van der Waals surface area (Å²) in [4.78, 5) is 3.89. The van der Waals surface area contributed by atoms with Crippen molar-refractivity contribution in [3.8, 4) is 0 Å². The Labute approximate surface area is 90.5 Å². The van der Waals surface area contributed by atoms with E-state index in [0.29, 0.717) is 6.04 Å². The second kappa shape index (κ2) is 3.50. The van der Waals surface area contributed by atoms with Crippen LogP contribution in [0.15, 0.2) is 17.0 Å². The van der Waals surface area contributed by atoms with Crippen molar-refractivity contribution in [1.82, 2.24) is 0 Å². The summed E-state index contributed by atoms with van der Waals surface area (Å²) in [5, 5.41) is 0. The lowest BCUT2D eigenvalue weighted by Gasteiger charge is -2.35. The Morgan fingerprint density at radius 2 is 1.93 bits per heavy atom. The minimum atomic E-state index is 0.646. The van der Waals surface area contributed by atoms with E-state index in [9.17, 15) is 0 Å². The summed E-state index contributed by atoms with van der Waals surface area (Å²) in [6.07, 6.45) is 0. The standard InChI is InChI=1S/C12H17NS/c1-8-5-6-9(2)12-11(8)13(4)10(3)7-14-12/h5-6,10H,7H2,1-4H3. The fraction of sp³-hybridized carbons (Fsp3) is 0.500. The van der Waals surface area contributed by atoms with Crippen molar-refractivity contribution in [2.75, 3.05) is 17.7 Å². The maximum atomic E-state index is 2.41. The van der Waals surface area contributed by atoms with E-state index < -0.39 is 0 Å². The van der Waals surface area contributed by atoms with Crippen LogP contribution >= 0.6 is 11.8 Å². The molecule has 0 saturated carbocycles. The molecular weight excluding hydrogens is 190 g/mol. The van der Waals surface area contributed by atoms with Gasteiger partial charge in [0.05, 0.1) is 5.69 Å². The molecule has 0 amide bonds. The first-order chi connectivity index (χ1) is 6.61. The quantitative estimate of drug-likeness (QED) is 0.642. The molecule has 1 aromatic carbocycles. The third kappa shape index (κ3) is 1.42. The summed E-state index contributed by atoms with van der Waals surface area (Å²) in [5.41, 5.74) is 4.25. The Kier molecular flexibility index (Phi) is 2.48. The maximum absolute atomic E-state index is 2.41. The molecule has 1 unspecified atom stereocenters. The first kappa shape index (κ1) is 9.91. The van der Waals surface area contributed by atoms with Crippen LogP contribution in [0.5, 0.6) is 0 Å². The second-order valence-corrected chi connectivity index (χ2v) is 5.18. The Bertz CT molecular complexity index is 360. The van der Waals surface area contributed by atoms with Crippen LogP contribution in [-0.4, -0.2) is 18.8 Å². The van der Waals surface area contributed by atoms with Crippen molar-refractivity contribution < 1.29 is 0 Å². The smallest absolute Gasteiger partial charge is 0.0536 e. The van der Waals surface area contributed by atoms with Crippen LogP contribution in [-0.2, 0) is 0 Å². The van der Waals surface area contributed by atoms with Crippen molar-refractivity contribution >= 4 is 17.4 Å². The van der Waals surface area contributed by atoms with Gasteiger partial charge in [-0.2, -0.15) is 0 Å². The molecule has 1 aliphatic rings. The maximum Gasteiger partial charge on any atom is 0.0536 e. The molecule has 0 aliphatic carbocycles. The second-order valence-electron chi connectivity index (χ2n) is 4.15. The average molecular weight is 207 g/mol. The number of rotatable bonds is 0. The summed E-state index contributed by atoms with van der Waals surface area (Å²) in [7, 11) is 2.20. The Balaban J connectivity index is 2.58. The summed E-state index contributed by atoms with van der Waals surface area (Å²) < 4.78 is 0. The monoisotopic (exact) mass is 207 g/mol. The highest BCUT2D eigenvalue weighted by molar-refractivity contribution is 7.99. The molecule has 1 aliphatic heterocycles. The van der Waals surface area contributed by atoms with Crippen molar-refractivity contribution in [3.63, 3.8) is 0 Å². The number of hydrogen-bond donors (Lipinski definition) is 0. The predicted molar refractivity (Wildman–Crippen MR) is 64.5 cm³/mol. The van der Waals surface area contributed by atoms with Gasteiger partial charge in [0.1, 0.15) is 0 Å². The number of benzene rings is 1. The third-order valence-corrected chi connectivity index (χ3v) is 4.47. The Morgan fingerprint density at radius 1 is 1.29 bits per heavy atom. The van der Waals surface area contributed by atoms with Crippen LogP contribution < -0.4 is 4.90 Å². The number of hydrogen-bond acceptors (Lipinski definition) is 2. The highest BCUT2D eigenvalue weighted by atomic mass is 32.2. The summed E-state index contributed by atoms with van der Waals surface area (Å²) in [6, 6.07) is 5.10. The lowest BCUT2D eigenvalue weighted by atomic mass is 10.1. The highest BCUT2D eigenvalue weighted by Gasteiger charge is 2.23. The zero-order valence-electron chi connectivity index (χ0n) is 9.29. The molecule has 0 fully saturated rings. The van der Waals surface area contributed by atoms with Gasteiger partial charge in [0, 0.05) is 23.7 Å². The van der Waals surface area contributed by atoms with Crippen LogP contribution in [0.3, 0.4) is 0 Å². The van der Waals surface area contributed by atoms with E-state index in [2.05, 4.69) is 44.9 Å². The van der Waals surface area contributed by atoms with Crippen molar-refractivity contribution in [3.05, 3.63) is 23.3 Å². The van der Waals surface area contributed by atoms with E-state index in [-0.39, 0.29) is 0 Å². The topological polar surface area (TPSA) is 3.24 Å². The normalized spacial score (nSPS) is 20.9. The van der Waals surface area contributed by atoms with Crippen molar-refractivity contribution in [1.29, 1.82) is 0 Å². The Hall–Kier alpha value is -0.630. The van der Waals surface area contributed by atoms with E-state index in [4.69, 9.17) is 0 Å². The lowest BCUT2D eigenvalue weighted by molar-refractivity contribution is 0.743. The van der Waals surface area contributed by atoms with Crippen LogP contribution in [0.25, 0.3) is 0 Å². The van der Waals surface area contributed by atoms with E-state index in [1.165, 1.54) is 27.5 Å². The molecule has 14 heavy (non-hydrogen) atoms. The zero-order valence-corrected chi connectivity index (χ0v) is 10.1. The molecule has 0 radical (unpaired) electrons. The molecule has 1 heterocycles. The summed E-state index contributed by atoms with van der Waals surface area (Å²) >= 11 is 2.00. The molecule has 1 nitrogen and oxygen atoms in total. The van der Waals surface area contributed by atoms with Crippen LogP contribution in [0.2, 0.25) is 0 Å². The fourth-order valence-corrected chi connectivity index (χ4v) is 3.30. The van der Waals surface area contributed by atoms with Gasteiger partial charge in [-0.1, -0.05) is 12.1 Å². The fourth-order valence-electron chi connectivity index (χ4n) is 1.93. The molecule has 1 aromatic rings. The largest absolute Gasteiger partial charge is 0.370 e. The number of thioether (sulfide) groups is 1. The van der Waals surface area contributed by atoms with Gasteiger partial charge in [-0.3, -0.25) is 0 Å². The molecule has 1 atom stereocenters. The van der Waals surface area contributed by atoms with Gasteiger partial charge < -0.3 is 4.90 Å². The van der Waals surface area contributed by atoms with Crippen molar-refractivity contribution in [2.24, 2.45) is 0 Å². The molecule has 0 aromatic heterocycles. The number of nitrogens with zero attached hydrogens (tertiary/aromatic N) is 1. The van der Waals surface area contributed by atoms with Crippen LogP contribution in [0.4, 0.5) is 5.69 Å². The molecule has 0 spiro atoms. The SMILES string of the molecule is Cc1ccc(C)c2c1SCC(C)N2C. The van der Waals surface area contributed by atoms with E-state index in [0.717, 1.165) is 0 Å². The molecular formula is C12H17NS. The Morgan fingerprint density at radius 3 is 2.64 bits per heavy atom. The summed E-state index contributed by atoms with van der Waals surface area (Å²) in [6.45, 7) is 6.69. The van der Waals surface area contributed by atoms with Crippen molar-refractivity contribution in [2.45, 2.75) is 31.7 Å². The van der Waals surface area contributed by atoms with Gasteiger partial charge >= 0.3 is 0 Å².